The molecule has 1 aromatic heterocycles. The second-order valence-corrected chi connectivity index (χ2v) is 6.46. The van der Waals surface area contributed by atoms with Crippen molar-refractivity contribution in [3.05, 3.63) is 59.2 Å². The van der Waals surface area contributed by atoms with Crippen LogP contribution in [0.25, 0.3) is 11.3 Å². The first-order valence-electron chi connectivity index (χ1n) is 7.45. The number of hydrogen-bond donors (Lipinski definition) is 3. The van der Waals surface area contributed by atoms with Crippen LogP contribution in [0.4, 0.5) is 16.4 Å². The summed E-state index contributed by atoms with van der Waals surface area (Å²) in [6.45, 7) is 4.02. The third kappa shape index (κ3) is 3.09. The Labute approximate surface area is 144 Å². The zero-order chi connectivity index (χ0) is 17.3. The maximum Gasteiger partial charge on any atom is 0.253 e. The number of nitrogens with two attached hydrogens (primary N) is 2. The Morgan fingerprint density at radius 1 is 1.08 bits per heavy atom. The molecule has 1 heterocycles. The number of aryl methyl sites for hydroxylation is 2. The highest BCUT2D eigenvalue weighted by Gasteiger charge is 2.19. The van der Waals surface area contributed by atoms with E-state index < -0.39 is 5.91 Å². The van der Waals surface area contributed by atoms with Gasteiger partial charge in [-0.25, -0.2) is 0 Å². The van der Waals surface area contributed by atoms with Gasteiger partial charge in [0.25, 0.3) is 5.91 Å². The number of nitrogens with one attached hydrogen (secondary N) is 1. The Morgan fingerprint density at radius 2 is 1.75 bits per heavy atom. The summed E-state index contributed by atoms with van der Waals surface area (Å²) in [5.74, 6) is -0.558. The second kappa shape index (κ2) is 6.33. The average molecular weight is 338 g/mol. The molecule has 0 aliphatic heterocycles. The number of carbonyl (C=O) groups is 1. The van der Waals surface area contributed by atoms with Gasteiger partial charge >= 0.3 is 0 Å². The number of amides is 1. The molecule has 0 aliphatic rings. The minimum atomic E-state index is -0.558. The van der Waals surface area contributed by atoms with Crippen LogP contribution in [-0.4, -0.2) is 10.3 Å². The van der Waals surface area contributed by atoms with E-state index in [1.54, 1.807) is 0 Å². The molecule has 2 aromatic carbocycles. The van der Waals surface area contributed by atoms with Gasteiger partial charge in [-0.2, -0.15) is 4.37 Å². The molecule has 6 heteroatoms. The van der Waals surface area contributed by atoms with E-state index in [1.807, 2.05) is 37.3 Å². The Morgan fingerprint density at radius 3 is 2.38 bits per heavy atom. The van der Waals surface area contributed by atoms with Gasteiger partial charge in [0.1, 0.15) is 10.6 Å². The lowest BCUT2D eigenvalue weighted by molar-refractivity contribution is 0.100. The van der Waals surface area contributed by atoms with Crippen molar-refractivity contribution in [2.24, 2.45) is 5.73 Å². The highest BCUT2D eigenvalue weighted by Crippen LogP contribution is 2.33. The van der Waals surface area contributed by atoms with Crippen molar-refractivity contribution in [3.8, 4) is 11.3 Å². The van der Waals surface area contributed by atoms with Crippen LogP contribution >= 0.6 is 11.5 Å². The van der Waals surface area contributed by atoms with Crippen molar-refractivity contribution in [1.82, 2.24) is 4.37 Å². The molecule has 0 fully saturated rings. The number of nitrogen functional groups attached to an aromatic ring is 1. The number of anilines is 3. The number of nitrogens with zero attached hydrogens (tertiary/aromatic N) is 1. The summed E-state index contributed by atoms with van der Waals surface area (Å²) in [4.78, 5) is 11.6. The van der Waals surface area contributed by atoms with Crippen LogP contribution in [0.1, 0.15) is 21.5 Å². The first kappa shape index (κ1) is 16.0. The molecule has 0 unspecified atom stereocenters. The quantitative estimate of drug-likeness (QED) is 0.673. The molecule has 5 nitrogen and oxygen atoms in total. The van der Waals surface area contributed by atoms with Gasteiger partial charge in [-0.15, -0.1) is 0 Å². The Kier molecular flexibility index (Phi) is 4.22. The Bertz CT molecular complexity index is 900. The predicted molar refractivity (Wildman–Crippen MR) is 99.7 cm³/mol. The fourth-order valence-corrected chi connectivity index (χ4v) is 3.20. The molecule has 0 atom stereocenters. The van der Waals surface area contributed by atoms with E-state index in [2.05, 4.69) is 28.7 Å². The molecule has 3 aromatic rings. The fourth-order valence-electron chi connectivity index (χ4n) is 2.54. The second-order valence-electron chi connectivity index (χ2n) is 5.66. The molecule has 5 N–H and O–H groups in total. The number of primary amides is 1. The summed E-state index contributed by atoms with van der Waals surface area (Å²) in [6, 6.07) is 14.1. The Hall–Kier alpha value is -2.86. The summed E-state index contributed by atoms with van der Waals surface area (Å²) >= 11 is 1.08. The fraction of sp³-hybridized carbons (Fsp3) is 0.111. The standard InChI is InChI=1S/C18H18N4OS/c1-10-3-5-12(6-4-10)21-13-7-8-14(11(2)9-13)16-15(17(19)23)18(20)24-22-16/h3-9,21H,20H2,1-2H3,(H2,19,23). The number of benzene rings is 2. The van der Waals surface area contributed by atoms with Crippen molar-refractivity contribution in [1.29, 1.82) is 0 Å². The van der Waals surface area contributed by atoms with Crippen LogP contribution in [0.5, 0.6) is 0 Å². The van der Waals surface area contributed by atoms with Crippen molar-refractivity contribution in [2.75, 3.05) is 11.1 Å². The third-order valence-corrected chi connectivity index (χ3v) is 4.46. The Balaban J connectivity index is 1.93. The number of rotatable bonds is 4. The molecular weight excluding hydrogens is 320 g/mol. The summed E-state index contributed by atoms with van der Waals surface area (Å²) < 4.78 is 4.29. The minimum Gasteiger partial charge on any atom is -0.389 e. The molecule has 0 spiro atoms. The van der Waals surface area contributed by atoms with Gasteiger partial charge in [0.2, 0.25) is 0 Å². The predicted octanol–water partition coefficient (Wildman–Crippen LogP) is 3.85. The van der Waals surface area contributed by atoms with Crippen LogP contribution in [0.2, 0.25) is 0 Å². The van der Waals surface area contributed by atoms with Crippen LogP contribution in [0, 0.1) is 13.8 Å². The molecule has 0 saturated heterocycles. The molecular formula is C18H18N4OS. The zero-order valence-electron chi connectivity index (χ0n) is 13.5. The van der Waals surface area contributed by atoms with Gasteiger partial charge in [-0.3, -0.25) is 4.79 Å². The summed E-state index contributed by atoms with van der Waals surface area (Å²) in [6.07, 6.45) is 0. The highest BCUT2D eigenvalue weighted by molar-refractivity contribution is 7.10. The van der Waals surface area contributed by atoms with Gasteiger partial charge < -0.3 is 16.8 Å². The van der Waals surface area contributed by atoms with Crippen LogP contribution in [0.3, 0.4) is 0 Å². The lowest BCUT2D eigenvalue weighted by Gasteiger charge is -2.10. The van der Waals surface area contributed by atoms with E-state index in [0.717, 1.165) is 34.0 Å². The zero-order valence-corrected chi connectivity index (χ0v) is 14.3. The van der Waals surface area contributed by atoms with Gasteiger partial charge in [0.15, 0.2) is 0 Å². The van der Waals surface area contributed by atoms with Crippen molar-refractivity contribution in [2.45, 2.75) is 13.8 Å². The van der Waals surface area contributed by atoms with Gasteiger partial charge in [0, 0.05) is 16.9 Å². The van der Waals surface area contributed by atoms with E-state index in [-0.39, 0.29) is 0 Å². The third-order valence-electron chi connectivity index (χ3n) is 3.79. The summed E-state index contributed by atoms with van der Waals surface area (Å²) in [5, 5.41) is 3.71. The summed E-state index contributed by atoms with van der Waals surface area (Å²) in [7, 11) is 0. The van der Waals surface area contributed by atoms with Gasteiger partial charge in [-0.1, -0.05) is 23.8 Å². The first-order chi connectivity index (χ1) is 11.5. The first-order valence-corrected chi connectivity index (χ1v) is 8.22. The van der Waals surface area contributed by atoms with E-state index >= 15 is 0 Å². The largest absolute Gasteiger partial charge is 0.389 e. The number of carbonyl (C=O) groups excluding carboxylic acids is 1. The minimum absolute atomic E-state index is 0.294. The molecule has 24 heavy (non-hydrogen) atoms. The van der Waals surface area contributed by atoms with Gasteiger partial charge in [-0.05, 0) is 55.2 Å². The lowest BCUT2D eigenvalue weighted by Crippen LogP contribution is -2.13. The number of hydrogen-bond acceptors (Lipinski definition) is 5. The van der Waals surface area contributed by atoms with Crippen molar-refractivity contribution < 1.29 is 4.79 Å². The maximum atomic E-state index is 11.6. The molecule has 0 radical (unpaired) electrons. The van der Waals surface area contributed by atoms with Crippen LogP contribution in [-0.2, 0) is 0 Å². The maximum absolute atomic E-state index is 11.6. The monoisotopic (exact) mass is 338 g/mol. The molecule has 0 bridgehead atoms. The van der Waals surface area contributed by atoms with E-state index in [4.69, 9.17) is 11.5 Å². The topological polar surface area (TPSA) is 94.0 Å². The normalized spacial score (nSPS) is 10.6. The van der Waals surface area contributed by atoms with E-state index in [1.165, 1.54) is 5.56 Å². The lowest BCUT2D eigenvalue weighted by atomic mass is 10.0. The SMILES string of the molecule is Cc1ccc(Nc2ccc(-c3nsc(N)c3C(N)=O)c(C)c2)cc1. The van der Waals surface area contributed by atoms with Crippen molar-refractivity contribution >= 4 is 33.8 Å². The van der Waals surface area contributed by atoms with Crippen LogP contribution in [0.15, 0.2) is 42.5 Å². The smallest absolute Gasteiger partial charge is 0.253 e. The van der Waals surface area contributed by atoms with Gasteiger partial charge in [0.05, 0.1) is 5.69 Å². The molecule has 0 aliphatic carbocycles. The molecule has 1 amide bonds. The molecule has 122 valence electrons. The van der Waals surface area contributed by atoms with E-state index in [0.29, 0.717) is 16.3 Å². The molecule has 3 rings (SSSR count). The van der Waals surface area contributed by atoms with Crippen molar-refractivity contribution in [3.63, 3.8) is 0 Å². The highest BCUT2D eigenvalue weighted by atomic mass is 32.1. The summed E-state index contributed by atoms with van der Waals surface area (Å²) in [5.41, 5.74) is 17.1. The van der Waals surface area contributed by atoms with Crippen LogP contribution < -0.4 is 16.8 Å². The average Bonchev–Trinajstić information content (AvgIpc) is 2.91. The number of aromatic nitrogens is 1. The molecule has 0 saturated carbocycles. The van der Waals surface area contributed by atoms with E-state index in [9.17, 15) is 4.79 Å².